The summed E-state index contributed by atoms with van der Waals surface area (Å²) >= 11 is 7.62. The number of likely N-dealkylation sites (N-methyl/N-ethyl adjacent to an activating group) is 1. The molecule has 150 valence electrons. The van der Waals surface area contributed by atoms with Gasteiger partial charge < -0.3 is 10.2 Å². The first-order valence-corrected chi connectivity index (χ1v) is 10.6. The monoisotopic (exact) mass is 434 g/mol. The van der Waals surface area contributed by atoms with Gasteiger partial charge in [-0.05, 0) is 41.5 Å². The number of halogens is 1. The van der Waals surface area contributed by atoms with Crippen LogP contribution >= 0.6 is 23.4 Å². The highest BCUT2D eigenvalue weighted by molar-refractivity contribution is 8.04. The van der Waals surface area contributed by atoms with E-state index in [1.54, 1.807) is 36.2 Å². The molecule has 1 heterocycles. The van der Waals surface area contributed by atoms with Gasteiger partial charge in [0.2, 0.25) is 0 Å². The number of hydrogen-bond acceptors (Lipinski definition) is 3. The second-order valence-electron chi connectivity index (χ2n) is 6.85. The van der Waals surface area contributed by atoms with Gasteiger partial charge in [-0.2, -0.15) is 0 Å². The number of carbonyl (C=O) groups is 2. The summed E-state index contributed by atoms with van der Waals surface area (Å²) in [4.78, 5) is 28.5. The molecule has 0 fully saturated rings. The van der Waals surface area contributed by atoms with Gasteiger partial charge in [0.1, 0.15) is 0 Å². The van der Waals surface area contributed by atoms with E-state index < -0.39 is 0 Å². The Kier molecular flexibility index (Phi) is 5.93. The minimum atomic E-state index is -0.176. The smallest absolute Gasteiger partial charge is 0.264 e. The van der Waals surface area contributed by atoms with Crippen molar-refractivity contribution < 1.29 is 9.59 Å². The van der Waals surface area contributed by atoms with Crippen LogP contribution in [0, 0.1) is 0 Å². The predicted molar refractivity (Wildman–Crippen MR) is 123 cm³/mol. The van der Waals surface area contributed by atoms with Crippen molar-refractivity contribution in [2.75, 3.05) is 11.9 Å². The summed E-state index contributed by atoms with van der Waals surface area (Å²) in [6, 6.07) is 22.6. The molecule has 0 atom stereocenters. The summed E-state index contributed by atoms with van der Waals surface area (Å²) in [7, 11) is 1.72. The Hall–Kier alpha value is -3.02. The summed E-state index contributed by atoms with van der Waals surface area (Å²) in [6.07, 6.45) is 1.80. The second-order valence-corrected chi connectivity index (χ2v) is 8.34. The first-order valence-electron chi connectivity index (χ1n) is 9.41. The summed E-state index contributed by atoms with van der Waals surface area (Å²) < 4.78 is 0. The van der Waals surface area contributed by atoms with Gasteiger partial charge in [-0.15, -0.1) is 0 Å². The lowest BCUT2D eigenvalue weighted by molar-refractivity contribution is -0.114. The van der Waals surface area contributed by atoms with E-state index in [4.69, 9.17) is 11.6 Å². The van der Waals surface area contributed by atoms with Crippen LogP contribution in [0.4, 0.5) is 5.69 Å². The fourth-order valence-electron chi connectivity index (χ4n) is 3.15. The molecule has 1 N–H and O–H groups in total. The number of nitrogens with zero attached hydrogens (tertiary/aromatic N) is 1. The minimum absolute atomic E-state index is 0.130. The van der Waals surface area contributed by atoms with E-state index in [-0.39, 0.29) is 11.8 Å². The zero-order chi connectivity index (χ0) is 21.1. The zero-order valence-corrected chi connectivity index (χ0v) is 17.8. The van der Waals surface area contributed by atoms with E-state index in [9.17, 15) is 9.59 Å². The van der Waals surface area contributed by atoms with Crippen molar-refractivity contribution in [2.24, 2.45) is 0 Å². The summed E-state index contributed by atoms with van der Waals surface area (Å²) in [5.41, 5.74) is 3.06. The van der Waals surface area contributed by atoms with Gasteiger partial charge in [-0.25, -0.2) is 0 Å². The maximum absolute atomic E-state index is 12.9. The van der Waals surface area contributed by atoms with E-state index in [0.29, 0.717) is 27.7 Å². The number of fused-ring (bicyclic) bond motifs is 1. The fourth-order valence-corrected chi connectivity index (χ4v) is 4.42. The average molecular weight is 435 g/mol. The van der Waals surface area contributed by atoms with E-state index in [1.165, 1.54) is 11.8 Å². The normalized spacial score (nSPS) is 14.5. The number of hydrogen-bond donors (Lipinski definition) is 1. The molecule has 0 radical (unpaired) electrons. The highest BCUT2D eigenvalue weighted by atomic mass is 35.5. The van der Waals surface area contributed by atoms with Crippen molar-refractivity contribution in [3.63, 3.8) is 0 Å². The lowest BCUT2D eigenvalue weighted by Gasteiger charge is -2.27. The molecule has 1 aliphatic rings. The first kappa shape index (κ1) is 20.3. The standard InChI is InChI=1S/C24H19ClN2O2S/c1-27-20-13-18(23(28)26-15-16-7-3-2-4-8-16)11-12-21(20)30-22(24(27)29)14-17-9-5-6-10-19(17)25/h2-14H,15H2,1H3,(H,26,28). The van der Waals surface area contributed by atoms with Crippen molar-refractivity contribution in [2.45, 2.75) is 11.4 Å². The molecule has 0 saturated carbocycles. The highest BCUT2D eigenvalue weighted by Crippen LogP contribution is 2.42. The Morgan fingerprint density at radius 1 is 1.07 bits per heavy atom. The van der Waals surface area contributed by atoms with E-state index >= 15 is 0 Å². The summed E-state index contributed by atoms with van der Waals surface area (Å²) in [5, 5.41) is 3.52. The number of nitrogens with one attached hydrogen (secondary N) is 1. The van der Waals surface area contributed by atoms with Crippen LogP contribution in [0.5, 0.6) is 0 Å². The third-order valence-corrected chi connectivity index (χ3v) is 6.23. The number of rotatable bonds is 4. The molecule has 3 aromatic rings. The van der Waals surface area contributed by atoms with Gasteiger partial charge in [-0.3, -0.25) is 9.59 Å². The maximum Gasteiger partial charge on any atom is 0.264 e. The molecule has 2 amide bonds. The second kappa shape index (κ2) is 8.78. The summed E-state index contributed by atoms with van der Waals surface area (Å²) in [6.45, 7) is 0.449. The van der Waals surface area contributed by atoms with Crippen LogP contribution in [-0.2, 0) is 11.3 Å². The molecule has 4 nitrogen and oxygen atoms in total. The van der Waals surface area contributed by atoms with Crippen LogP contribution in [0.1, 0.15) is 21.5 Å². The largest absolute Gasteiger partial charge is 0.348 e. The molecule has 0 spiro atoms. The predicted octanol–water partition coefficient (Wildman–Crippen LogP) is 5.38. The number of amides is 2. The Balaban J connectivity index is 1.55. The Labute approximate surface area is 184 Å². The number of carbonyl (C=O) groups excluding carboxylic acids is 2. The van der Waals surface area contributed by atoms with Gasteiger partial charge in [0.05, 0.1) is 10.6 Å². The Bertz CT molecular complexity index is 1140. The van der Waals surface area contributed by atoms with Crippen molar-refractivity contribution in [3.05, 3.63) is 99.4 Å². The van der Waals surface area contributed by atoms with E-state index in [0.717, 1.165) is 16.0 Å². The number of thioether (sulfide) groups is 1. The quantitative estimate of drug-likeness (QED) is 0.561. The molecule has 30 heavy (non-hydrogen) atoms. The summed E-state index contributed by atoms with van der Waals surface area (Å²) in [5.74, 6) is -0.306. The van der Waals surface area contributed by atoms with Crippen LogP contribution < -0.4 is 10.2 Å². The molecule has 3 aromatic carbocycles. The van der Waals surface area contributed by atoms with E-state index in [1.807, 2.05) is 54.6 Å². The van der Waals surface area contributed by atoms with Crippen LogP contribution in [0.25, 0.3) is 6.08 Å². The third-order valence-electron chi connectivity index (χ3n) is 4.81. The first-order chi connectivity index (χ1) is 14.5. The zero-order valence-electron chi connectivity index (χ0n) is 16.3. The Morgan fingerprint density at radius 3 is 2.57 bits per heavy atom. The SMILES string of the molecule is CN1C(=O)C(=Cc2ccccc2Cl)Sc2ccc(C(=O)NCc3ccccc3)cc21. The highest BCUT2D eigenvalue weighted by Gasteiger charge is 2.27. The molecular weight excluding hydrogens is 416 g/mol. The van der Waals surface area contributed by atoms with Gasteiger partial charge >= 0.3 is 0 Å². The van der Waals surface area contributed by atoms with Crippen LogP contribution in [0.15, 0.2) is 82.6 Å². The molecule has 0 aliphatic carbocycles. The number of anilines is 1. The average Bonchev–Trinajstić information content (AvgIpc) is 2.77. The topological polar surface area (TPSA) is 49.4 Å². The lowest BCUT2D eigenvalue weighted by atomic mass is 10.1. The van der Waals surface area contributed by atoms with Gasteiger partial charge in [0.25, 0.3) is 11.8 Å². The van der Waals surface area contributed by atoms with Crippen molar-refractivity contribution in [1.82, 2.24) is 5.32 Å². The third kappa shape index (κ3) is 4.27. The lowest BCUT2D eigenvalue weighted by Crippen LogP contribution is -2.31. The van der Waals surface area contributed by atoms with Gasteiger partial charge in [-0.1, -0.05) is 71.9 Å². The van der Waals surface area contributed by atoms with E-state index in [2.05, 4.69) is 5.32 Å². The Morgan fingerprint density at radius 2 is 1.80 bits per heavy atom. The van der Waals surface area contributed by atoms with Crippen LogP contribution in [0.2, 0.25) is 5.02 Å². The molecule has 0 unspecified atom stereocenters. The molecule has 0 saturated heterocycles. The molecule has 1 aliphatic heterocycles. The van der Waals surface area contributed by atoms with Crippen LogP contribution in [0.3, 0.4) is 0 Å². The molecule has 4 rings (SSSR count). The maximum atomic E-state index is 12.9. The van der Waals surface area contributed by atoms with Crippen molar-refractivity contribution in [3.8, 4) is 0 Å². The minimum Gasteiger partial charge on any atom is -0.348 e. The van der Waals surface area contributed by atoms with Gasteiger partial charge in [0, 0.05) is 29.1 Å². The molecule has 6 heteroatoms. The molecule has 0 aromatic heterocycles. The van der Waals surface area contributed by atoms with Crippen LogP contribution in [-0.4, -0.2) is 18.9 Å². The molecular formula is C24H19ClN2O2S. The van der Waals surface area contributed by atoms with Crippen molar-refractivity contribution in [1.29, 1.82) is 0 Å². The number of benzene rings is 3. The van der Waals surface area contributed by atoms with Gasteiger partial charge in [0.15, 0.2) is 0 Å². The molecule has 0 bridgehead atoms. The fraction of sp³-hybridized carbons (Fsp3) is 0.0833. The van der Waals surface area contributed by atoms with Crippen molar-refractivity contribution >= 4 is 46.9 Å².